The SMILES string of the molecule is CC1NN=N/C1=C/C=C\N. The Bertz CT molecular complexity index is 192. The van der Waals surface area contributed by atoms with Gasteiger partial charge in [-0.05, 0) is 25.3 Å². The van der Waals surface area contributed by atoms with Crippen molar-refractivity contribution in [2.24, 2.45) is 16.1 Å². The van der Waals surface area contributed by atoms with E-state index in [4.69, 9.17) is 5.73 Å². The minimum absolute atomic E-state index is 0.205. The molecule has 0 radical (unpaired) electrons. The summed E-state index contributed by atoms with van der Waals surface area (Å²) < 4.78 is 0. The van der Waals surface area contributed by atoms with Gasteiger partial charge in [-0.1, -0.05) is 5.22 Å². The van der Waals surface area contributed by atoms with Gasteiger partial charge >= 0.3 is 0 Å². The molecule has 1 aliphatic heterocycles. The van der Waals surface area contributed by atoms with Crippen LogP contribution in [0.1, 0.15) is 6.92 Å². The number of nitrogens with zero attached hydrogens (tertiary/aromatic N) is 2. The molecule has 0 spiro atoms. The molecule has 1 atom stereocenters. The quantitative estimate of drug-likeness (QED) is 0.560. The fourth-order valence-electron chi connectivity index (χ4n) is 0.658. The number of nitrogens with two attached hydrogens (primary N) is 1. The van der Waals surface area contributed by atoms with Crippen molar-refractivity contribution in [2.75, 3.05) is 0 Å². The Balaban J connectivity index is 2.62. The normalized spacial score (nSPS) is 28.1. The molecule has 0 aromatic carbocycles. The van der Waals surface area contributed by atoms with Crippen molar-refractivity contribution in [2.45, 2.75) is 13.0 Å². The summed E-state index contributed by atoms with van der Waals surface area (Å²) >= 11 is 0. The van der Waals surface area contributed by atoms with Crippen LogP contribution >= 0.6 is 0 Å². The number of allylic oxidation sites excluding steroid dienone is 2. The van der Waals surface area contributed by atoms with E-state index in [0.29, 0.717) is 0 Å². The number of hydrogen-bond donors (Lipinski definition) is 2. The summed E-state index contributed by atoms with van der Waals surface area (Å²) in [6.45, 7) is 1.98. The van der Waals surface area contributed by atoms with Crippen LogP contribution in [0.2, 0.25) is 0 Å². The molecule has 0 saturated carbocycles. The lowest BCUT2D eigenvalue weighted by Crippen LogP contribution is -2.15. The topological polar surface area (TPSA) is 62.8 Å². The van der Waals surface area contributed by atoms with Crippen LogP contribution in [-0.2, 0) is 0 Å². The first-order chi connectivity index (χ1) is 4.84. The van der Waals surface area contributed by atoms with Gasteiger partial charge in [0.05, 0.1) is 11.7 Å². The molecule has 4 heteroatoms. The third kappa shape index (κ3) is 1.34. The summed E-state index contributed by atoms with van der Waals surface area (Å²) in [4.78, 5) is 0. The average Bonchev–Trinajstić information content (AvgIpc) is 2.31. The lowest BCUT2D eigenvalue weighted by molar-refractivity contribution is 0.691. The molecular formula is C6H10N4. The molecule has 0 saturated heterocycles. The molecule has 10 heavy (non-hydrogen) atoms. The van der Waals surface area contributed by atoms with Crippen LogP contribution < -0.4 is 11.2 Å². The van der Waals surface area contributed by atoms with Crippen LogP contribution in [0.4, 0.5) is 0 Å². The van der Waals surface area contributed by atoms with E-state index in [1.54, 1.807) is 6.08 Å². The van der Waals surface area contributed by atoms with Gasteiger partial charge in [-0.15, -0.1) is 5.11 Å². The van der Waals surface area contributed by atoms with Crippen LogP contribution in [0.25, 0.3) is 0 Å². The van der Waals surface area contributed by atoms with Crippen molar-refractivity contribution in [3.05, 3.63) is 24.0 Å². The Kier molecular flexibility index (Phi) is 2.04. The molecule has 3 N–H and O–H groups in total. The van der Waals surface area contributed by atoms with Crippen molar-refractivity contribution in [1.29, 1.82) is 0 Å². The first kappa shape index (κ1) is 6.80. The number of rotatable bonds is 1. The minimum atomic E-state index is 0.205. The van der Waals surface area contributed by atoms with Crippen molar-refractivity contribution >= 4 is 0 Å². The van der Waals surface area contributed by atoms with E-state index in [0.717, 1.165) is 5.70 Å². The predicted molar refractivity (Wildman–Crippen MR) is 38.9 cm³/mol. The molecule has 1 unspecified atom stereocenters. The molecule has 1 aliphatic rings. The summed E-state index contributed by atoms with van der Waals surface area (Å²) in [5.74, 6) is 0. The fraction of sp³-hybridized carbons (Fsp3) is 0.333. The highest BCUT2D eigenvalue weighted by molar-refractivity contribution is 5.16. The average molecular weight is 138 g/mol. The Morgan fingerprint density at radius 3 is 3.00 bits per heavy atom. The second-order valence-electron chi connectivity index (χ2n) is 2.03. The van der Waals surface area contributed by atoms with Crippen molar-refractivity contribution < 1.29 is 0 Å². The maximum Gasteiger partial charge on any atom is 0.0885 e. The second-order valence-corrected chi connectivity index (χ2v) is 2.03. The third-order valence-corrected chi connectivity index (χ3v) is 1.24. The molecule has 4 nitrogen and oxygen atoms in total. The summed E-state index contributed by atoms with van der Waals surface area (Å²) in [6.07, 6.45) is 5.03. The van der Waals surface area contributed by atoms with E-state index >= 15 is 0 Å². The summed E-state index contributed by atoms with van der Waals surface area (Å²) in [5.41, 5.74) is 8.83. The van der Waals surface area contributed by atoms with Gasteiger partial charge in [0.25, 0.3) is 0 Å². The number of nitrogens with one attached hydrogen (secondary N) is 1. The van der Waals surface area contributed by atoms with Crippen LogP contribution in [0.5, 0.6) is 0 Å². The minimum Gasteiger partial charge on any atom is -0.405 e. The van der Waals surface area contributed by atoms with Gasteiger partial charge in [-0.2, -0.15) is 0 Å². The van der Waals surface area contributed by atoms with E-state index in [-0.39, 0.29) is 6.04 Å². The Hall–Kier alpha value is -1.32. The Labute approximate surface area is 59.5 Å². The molecular weight excluding hydrogens is 128 g/mol. The monoisotopic (exact) mass is 138 g/mol. The summed E-state index contributed by atoms with van der Waals surface area (Å²) in [6, 6.07) is 0.205. The summed E-state index contributed by atoms with van der Waals surface area (Å²) in [7, 11) is 0. The van der Waals surface area contributed by atoms with Crippen molar-refractivity contribution in [1.82, 2.24) is 5.43 Å². The molecule has 0 aromatic heterocycles. The zero-order valence-electron chi connectivity index (χ0n) is 5.78. The lowest BCUT2D eigenvalue weighted by Gasteiger charge is -1.97. The van der Waals surface area contributed by atoms with E-state index in [1.165, 1.54) is 6.20 Å². The van der Waals surface area contributed by atoms with Crippen LogP contribution in [0.15, 0.2) is 34.4 Å². The standard InChI is InChI=1S/C6H10N4/c1-5-6(3-2-4-7)9-10-8-5/h2-5H,7H2,1H3,(H,8,9)/b4-2-,6-3+. The molecule has 1 rings (SSSR count). The zero-order valence-corrected chi connectivity index (χ0v) is 5.78. The second kappa shape index (κ2) is 3.00. The molecule has 0 aromatic rings. The third-order valence-electron chi connectivity index (χ3n) is 1.24. The van der Waals surface area contributed by atoms with Crippen molar-refractivity contribution in [3.63, 3.8) is 0 Å². The van der Waals surface area contributed by atoms with Crippen LogP contribution in [0.3, 0.4) is 0 Å². The van der Waals surface area contributed by atoms with Gasteiger partial charge in [-0.3, -0.25) is 5.43 Å². The van der Waals surface area contributed by atoms with Gasteiger partial charge in [0.1, 0.15) is 0 Å². The predicted octanol–water partition coefficient (Wildman–Crippen LogP) is 0.702. The highest BCUT2D eigenvalue weighted by atomic mass is 15.5. The first-order valence-electron chi connectivity index (χ1n) is 3.09. The van der Waals surface area contributed by atoms with Crippen LogP contribution in [0, 0.1) is 0 Å². The molecule has 1 heterocycles. The molecule has 0 aliphatic carbocycles. The Morgan fingerprint density at radius 1 is 1.70 bits per heavy atom. The summed E-state index contributed by atoms with van der Waals surface area (Å²) in [5, 5.41) is 7.45. The largest absolute Gasteiger partial charge is 0.405 e. The maximum absolute atomic E-state index is 5.13. The molecule has 0 bridgehead atoms. The first-order valence-corrected chi connectivity index (χ1v) is 3.09. The van der Waals surface area contributed by atoms with E-state index < -0.39 is 0 Å². The molecule has 54 valence electrons. The fourth-order valence-corrected chi connectivity index (χ4v) is 0.658. The van der Waals surface area contributed by atoms with Crippen LogP contribution in [-0.4, -0.2) is 6.04 Å². The lowest BCUT2D eigenvalue weighted by atomic mass is 10.2. The molecule has 0 amide bonds. The van der Waals surface area contributed by atoms with E-state index in [1.807, 2.05) is 13.0 Å². The Morgan fingerprint density at radius 2 is 2.50 bits per heavy atom. The zero-order chi connectivity index (χ0) is 7.40. The van der Waals surface area contributed by atoms with Crippen molar-refractivity contribution in [3.8, 4) is 0 Å². The van der Waals surface area contributed by atoms with E-state index in [2.05, 4.69) is 15.8 Å². The van der Waals surface area contributed by atoms with Gasteiger partial charge in [0.15, 0.2) is 0 Å². The molecule has 0 fully saturated rings. The van der Waals surface area contributed by atoms with Gasteiger partial charge in [-0.25, -0.2) is 0 Å². The number of hydrogen-bond acceptors (Lipinski definition) is 4. The van der Waals surface area contributed by atoms with Gasteiger partial charge < -0.3 is 5.73 Å². The maximum atomic E-state index is 5.13. The smallest absolute Gasteiger partial charge is 0.0885 e. The van der Waals surface area contributed by atoms with Gasteiger partial charge in [0, 0.05) is 0 Å². The highest BCUT2D eigenvalue weighted by Crippen LogP contribution is 2.09. The van der Waals surface area contributed by atoms with Gasteiger partial charge in [0.2, 0.25) is 0 Å². The highest BCUT2D eigenvalue weighted by Gasteiger charge is 2.10. The van der Waals surface area contributed by atoms with E-state index in [9.17, 15) is 0 Å².